The smallest absolute Gasteiger partial charge is 0.140 e. The van der Waals surface area contributed by atoms with Gasteiger partial charge in [-0.25, -0.2) is 4.98 Å². The van der Waals surface area contributed by atoms with Crippen LogP contribution in [0.15, 0.2) is 18.7 Å². The fourth-order valence-corrected chi connectivity index (χ4v) is 2.91. The first-order chi connectivity index (χ1) is 9.99. The summed E-state index contributed by atoms with van der Waals surface area (Å²) >= 11 is 0. The summed E-state index contributed by atoms with van der Waals surface area (Å²) in [4.78, 5) is 4.93. The maximum atomic E-state index is 4.93. The SMILES string of the molecule is C=Cc1cc(C)c(-c2nc(CCCC)c(C)n2C)c(C)c1. The van der Waals surface area contributed by atoms with Crippen LogP contribution in [-0.2, 0) is 13.5 Å². The predicted molar refractivity (Wildman–Crippen MR) is 91.6 cm³/mol. The molecule has 0 saturated heterocycles. The zero-order valence-electron chi connectivity index (χ0n) is 14.0. The van der Waals surface area contributed by atoms with E-state index < -0.39 is 0 Å². The first-order valence-corrected chi connectivity index (χ1v) is 7.75. The molecule has 1 aromatic carbocycles. The first-order valence-electron chi connectivity index (χ1n) is 7.75. The van der Waals surface area contributed by atoms with Crippen molar-refractivity contribution >= 4 is 6.08 Å². The Kier molecular flexibility index (Phi) is 4.66. The molecule has 0 amide bonds. The lowest BCUT2D eigenvalue weighted by Gasteiger charge is -2.11. The largest absolute Gasteiger partial charge is 0.331 e. The minimum absolute atomic E-state index is 1.07. The molecule has 2 aromatic rings. The molecule has 0 aliphatic rings. The van der Waals surface area contributed by atoms with Crippen molar-refractivity contribution in [2.45, 2.75) is 47.0 Å². The van der Waals surface area contributed by atoms with Crippen molar-refractivity contribution in [1.29, 1.82) is 0 Å². The second-order valence-corrected chi connectivity index (χ2v) is 5.86. The molecule has 0 unspecified atom stereocenters. The van der Waals surface area contributed by atoms with Gasteiger partial charge in [0.1, 0.15) is 5.82 Å². The van der Waals surface area contributed by atoms with Crippen molar-refractivity contribution in [3.05, 3.63) is 46.8 Å². The Morgan fingerprint density at radius 3 is 2.33 bits per heavy atom. The van der Waals surface area contributed by atoms with Gasteiger partial charge < -0.3 is 4.57 Å². The average Bonchev–Trinajstić information content (AvgIpc) is 2.72. The van der Waals surface area contributed by atoms with Gasteiger partial charge in [-0.05, 0) is 50.3 Å². The molecule has 0 atom stereocenters. The van der Waals surface area contributed by atoms with Crippen LogP contribution in [0.1, 0.15) is 47.8 Å². The standard InChI is InChI=1S/C19H26N2/c1-7-9-10-17-15(5)21(6)19(20-17)18-13(3)11-16(8-2)12-14(18)4/h8,11-12H,2,7,9-10H2,1,3-6H3. The highest BCUT2D eigenvalue weighted by molar-refractivity contribution is 5.69. The number of rotatable bonds is 5. The van der Waals surface area contributed by atoms with Crippen molar-refractivity contribution in [2.24, 2.45) is 7.05 Å². The van der Waals surface area contributed by atoms with Crippen LogP contribution in [-0.4, -0.2) is 9.55 Å². The fraction of sp³-hybridized carbons (Fsp3) is 0.421. The Labute approximate surface area is 128 Å². The van der Waals surface area contributed by atoms with E-state index in [1.165, 1.54) is 46.5 Å². The van der Waals surface area contributed by atoms with Crippen LogP contribution in [0, 0.1) is 20.8 Å². The number of aromatic nitrogens is 2. The highest BCUT2D eigenvalue weighted by atomic mass is 15.1. The molecular weight excluding hydrogens is 256 g/mol. The van der Waals surface area contributed by atoms with Crippen LogP contribution in [0.5, 0.6) is 0 Å². The van der Waals surface area contributed by atoms with Gasteiger partial charge in [-0.3, -0.25) is 0 Å². The number of benzene rings is 1. The fourth-order valence-electron chi connectivity index (χ4n) is 2.91. The van der Waals surface area contributed by atoms with Gasteiger partial charge in [0.25, 0.3) is 0 Å². The van der Waals surface area contributed by atoms with Crippen molar-refractivity contribution in [3.63, 3.8) is 0 Å². The van der Waals surface area contributed by atoms with Gasteiger partial charge in [-0.2, -0.15) is 0 Å². The second kappa shape index (κ2) is 6.30. The van der Waals surface area contributed by atoms with Gasteiger partial charge in [-0.1, -0.05) is 38.1 Å². The monoisotopic (exact) mass is 282 g/mol. The molecule has 2 nitrogen and oxygen atoms in total. The third kappa shape index (κ3) is 2.94. The summed E-state index contributed by atoms with van der Waals surface area (Å²) in [6.45, 7) is 12.6. The number of aryl methyl sites for hydroxylation is 3. The summed E-state index contributed by atoms with van der Waals surface area (Å²) in [6.07, 6.45) is 5.38. The molecule has 0 N–H and O–H groups in total. The summed E-state index contributed by atoms with van der Waals surface area (Å²) in [5.41, 5.74) is 7.48. The van der Waals surface area contributed by atoms with Gasteiger partial charge in [0.2, 0.25) is 0 Å². The molecule has 2 heteroatoms. The minimum atomic E-state index is 1.07. The van der Waals surface area contributed by atoms with E-state index in [2.05, 4.69) is 58.0 Å². The quantitative estimate of drug-likeness (QED) is 0.754. The third-order valence-corrected chi connectivity index (χ3v) is 4.26. The molecule has 1 aromatic heterocycles. The summed E-state index contributed by atoms with van der Waals surface area (Å²) in [6, 6.07) is 4.37. The minimum Gasteiger partial charge on any atom is -0.331 e. The lowest BCUT2D eigenvalue weighted by molar-refractivity contribution is 0.771. The Morgan fingerprint density at radius 2 is 1.81 bits per heavy atom. The molecule has 21 heavy (non-hydrogen) atoms. The maximum absolute atomic E-state index is 4.93. The van der Waals surface area contributed by atoms with Crippen molar-refractivity contribution < 1.29 is 0 Å². The molecule has 0 radical (unpaired) electrons. The van der Waals surface area contributed by atoms with Crippen molar-refractivity contribution in [2.75, 3.05) is 0 Å². The van der Waals surface area contributed by atoms with E-state index in [1.807, 2.05) is 6.08 Å². The molecule has 112 valence electrons. The maximum Gasteiger partial charge on any atom is 0.140 e. The summed E-state index contributed by atoms with van der Waals surface area (Å²) in [5.74, 6) is 1.09. The molecule has 0 fully saturated rings. The lowest BCUT2D eigenvalue weighted by atomic mass is 9.98. The Morgan fingerprint density at radius 1 is 1.19 bits per heavy atom. The Hall–Kier alpha value is -1.83. The van der Waals surface area contributed by atoms with Crippen molar-refractivity contribution in [1.82, 2.24) is 9.55 Å². The topological polar surface area (TPSA) is 17.8 Å². The normalized spacial score (nSPS) is 10.9. The van der Waals surface area contributed by atoms with Crippen LogP contribution in [0.4, 0.5) is 0 Å². The van der Waals surface area contributed by atoms with Gasteiger partial charge in [-0.15, -0.1) is 0 Å². The highest BCUT2D eigenvalue weighted by Gasteiger charge is 2.16. The van der Waals surface area contributed by atoms with E-state index in [0.29, 0.717) is 0 Å². The van der Waals surface area contributed by atoms with Gasteiger partial charge in [0, 0.05) is 18.3 Å². The van der Waals surface area contributed by atoms with E-state index in [-0.39, 0.29) is 0 Å². The van der Waals surface area contributed by atoms with E-state index in [0.717, 1.165) is 12.2 Å². The van der Waals surface area contributed by atoms with E-state index in [1.54, 1.807) is 0 Å². The molecule has 0 bridgehead atoms. The second-order valence-electron chi connectivity index (χ2n) is 5.86. The number of unbranched alkanes of at least 4 members (excludes halogenated alkanes) is 1. The number of hydrogen-bond acceptors (Lipinski definition) is 1. The van der Waals surface area contributed by atoms with E-state index >= 15 is 0 Å². The molecule has 0 saturated carbocycles. The number of imidazole rings is 1. The number of hydrogen-bond donors (Lipinski definition) is 0. The summed E-state index contributed by atoms with van der Waals surface area (Å²) < 4.78 is 2.23. The zero-order chi connectivity index (χ0) is 15.6. The molecule has 0 aliphatic heterocycles. The average molecular weight is 282 g/mol. The molecule has 0 aliphatic carbocycles. The third-order valence-electron chi connectivity index (χ3n) is 4.26. The van der Waals surface area contributed by atoms with Crippen LogP contribution < -0.4 is 0 Å². The van der Waals surface area contributed by atoms with Crippen molar-refractivity contribution in [3.8, 4) is 11.4 Å². The zero-order valence-corrected chi connectivity index (χ0v) is 14.0. The van der Waals surface area contributed by atoms with Crippen LogP contribution >= 0.6 is 0 Å². The van der Waals surface area contributed by atoms with Gasteiger partial charge >= 0.3 is 0 Å². The Balaban J connectivity index is 2.54. The number of nitrogens with zero attached hydrogens (tertiary/aromatic N) is 2. The Bertz CT molecular complexity index is 639. The summed E-state index contributed by atoms with van der Waals surface area (Å²) in [7, 11) is 2.12. The first kappa shape index (κ1) is 15.6. The highest BCUT2D eigenvalue weighted by Crippen LogP contribution is 2.29. The lowest BCUT2D eigenvalue weighted by Crippen LogP contribution is -1.99. The van der Waals surface area contributed by atoms with Crippen LogP contribution in [0.3, 0.4) is 0 Å². The molecular formula is C19H26N2. The van der Waals surface area contributed by atoms with E-state index in [9.17, 15) is 0 Å². The molecule has 2 rings (SSSR count). The van der Waals surface area contributed by atoms with Gasteiger partial charge in [0.15, 0.2) is 0 Å². The molecule has 1 heterocycles. The summed E-state index contributed by atoms with van der Waals surface area (Å²) in [5, 5.41) is 0. The van der Waals surface area contributed by atoms with E-state index in [4.69, 9.17) is 4.98 Å². The predicted octanol–water partition coefficient (Wildman–Crippen LogP) is 5.00. The van der Waals surface area contributed by atoms with Gasteiger partial charge in [0.05, 0.1) is 5.69 Å². The van der Waals surface area contributed by atoms with Crippen LogP contribution in [0.2, 0.25) is 0 Å². The van der Waals surface area contributed by atoms with Crippen LogP contribution in [0.25, 0.3) is 17.5 Å². The molecule has 0 spiro atoms.